The molecule has 1 aliphatic heterocycles. The first-order valence-electron chi connectivity index (χ1n) is 4.99. The van der Waals surface area contributed by atoms with Crippen LogP contribution in [0, 0.1) is 0 Å². The molecule has 0 radical (unpaired) electrons. The van der Waals surface area contributed by atoms with Gasteiger partial charge in [0.25, 0.3) is 0 Å². The molecular weight excluding hydrogens is 192 g/mol. The number of cyclic esters (lactones) is 1. The number of aromatic hydroxyl groups is 1. The standard InChI is InChI=1S/C12H10O3/c13-9-6-2-5-8-10(9)11(15-12(8)14)7-3-1-4-7/h2-3,5-6,11,13H,1,4H2. The number of carbonyl (C=O) groups excluding carboxylic acids is 1. The molecular formula is C12H10O3. The number of phenolic OH excluding ortho intramolecular Hbond substituents is 1. The second-order valence-electron chi connectivity index (χ2n) is 3.84. The number of benzene rings is 1. The van der Waals surface area contributed by atoms with E-state index < -0.39 is 0 Å². The summed E-state index contributed by atoms with van der Waals surface area (Å²) in [4.78, 5) is 11.5. The Morgan fingerprint density at radius 1 is 1.40 bits per heavy atom. The van der Waals surface area contributed by atoms with Gasteiger partial charge in [-0.1, -0.05) is 12.1 Å². The average molecular weight is 202 g/mol. The van der Waals surface area contributed by atoms with Gasteiger partial charge in [-0.25, -0.2) is 4.79 Å². The Labute approximate surface area is 87.0 Å². The highest BCUT2D eigenvalue weighted by Crippen LogP contribution is 2.44. The minimum absolute atomic E-state index is 0.149. The fourth-order valence-electron chi connectivity index (χ4n) is 2.05. The maximum absolute atomic E-state index is 11.5. The van der Waals surface area contributed by atoms with Crippen LogP contribution in [0.4, 0.5) is 0 Å². The van der Waals surface area contributed by atoms with Crippen molar-refractivity contribution >= 4 is 5.97 Å². The number of ether oxygens (including phenoxy) is 1. The minimum atomic E-state index is -0.345. The Kier molecular flexibility index (Phi) is 1.63. The lowest BCUT2D eigenvalue weighted by Gasteiger charge is -2.21. The monoisotopic (exact) mass is 202 g/mol. The number of hydrogen-bond acceptors (Lipinski definition) is 3. The van der Waals surface area contributed by atoms with Crippen LogP contribution in [0.1, 0.15) is 34.9 Å². The summed E-state index contributed by atoms with van der Waals surface area (Å²) in [5, 5.41) is 9.73. The van der Waals surface area contributed by atoms with Crippen LogP contribution in [-0.2, 0) is 4.74 Å². The van der Waals surface area contributed by atoms with Gasteiger partial charge in [0.15, 0.2) is 6.10 Å². The lowest BCUT2D eigenvalue weighted by Crippen LogP contribution is -2.07. The Morgan fingerprint density at radius 3 is 2.87 bits per heavy atom. The molecule has 0 saturated carbocycles. The van der Waals surface area contributed by atoms with Crippen molar-refractivity contribution in [2.45, 2.75) is 18.9 Å². The van der Waals surface area contributed by atoms with Gasteiger partial charge in [0.1, 0.15) is 5.75 Å². The Balaban J connectivity index is 2.15. The summed E-state index contributed by atoms with van der Waals surface area (Å²) in [6, 6.07) is 4.94. The third kappa shape index (κ3) is 1.09. The molecule has 1 heterocycles. The molecule has 0 aromatic heterocycles. The molecule has 1 atom stereocenters. The van der Waals surface area contributed by atoms with Crippen LogP contribution in [0.2, 0.25) is 0 Å². The average Bonchev–Trinajstić information content (AvgIpc) is 2.43. The normalized spacial score (nSPS) is 22.8. The highest BCUT2D eigenvalue weighted by Gasteiger charge is 2.36. The van der Waals surface area contributed by atoms with Crippen molar-refractivity contribution < 1.29 is 14.6 Å². The minimum Gasteiger partial charge on any atom is -0.507 e. The van der Waals surface area contributed by atoms with Gasteiger partial charge in [0, 0.05) is 0 Å². The molecule has 15 heavy (non-hydrogen) atoms. The second kappa shape index (κ2) is 2.86. The molecule has 3 rings (SSSR count). The van der Waals surface area contributed by atoms with Crippen molar-refractivity contribution in [1.29, 1.82) is 0 Å². The van der Waals surface area contributed by atoms with Gasteiger partial charge >= 0.3 is 5.97 Å². The summed E-state index contributed by atoms with van der Waals surface area (Å²) in [5.41, 5.74) is 2.23. The van der Waals surface area contributed by atoms with Gasteiger partial charge in [-0.15, -0.1) is 0 Å². The van der Waals surface area contributed by atoms with E-state index in [9.17, 15) is 9.90 Å². The van der Waals surface area contributed by atoms with Crippen molar-refractivity contribution in [1.82, 2.24) is 0 Å². The molecule has 1 N–H and O–H groups in total. The molecule has 3 nitrogen and oxygen atoms in total. The summed E-state index contributed by atoms with van der Waals surface area (Å²) in [5.74, 6) is -0.185. The van der Waals surface area contributed by atoms with Gasteiger partial charge < -0.3 is 9.84 Å². The fourth-order valence-corrected chi connectivity index (χ4v) is 2.05. The van der Waals surface area contributed by atoms with Gasteiger partial charge in [-0.2, -0.15) is 0 Å². The molecule has 0 fully saturated rings. The predicted molar refractivity (Wildman–Crippen MR) is 53.6 cm³/mol. The smallest absolute Gasteiger partial charge is 0.339 e. The van der Waals surface area contributed by atoms with Gasteiger partial charge in [0.05, 0.1) is 11.1 Å². The zero-order chi connectivity index (χ0) is 10.4. The third-order valence-electron chi connectivity index (χ3n) is 2.97. The number of carbonyl (C=O) groups is 1. The van der Waals surface area contributed by atoms with E-state index in [2.05, 4.69) is 6.08 Å². The summed E-state index contributed by atoms with van der Waals surface area (Å²) in [6.45, 7) is 0. The van der Waals surface area contributed by atoms with E-state index in [0.29, 0.717) is 11.1 Å². The molecule has 2 aliphatic rings. The molecule has 0 saturated heterocycles. The van der Waals surface area contributed by atoms with E-state index in [-0.39, 0.29) is 17.8 Å². The molecule has 1 aliphatic carbocycles. The molecule has 1 unspecified atom stereocenters. The van der Waals surface area contributed by atoms with Gasteiger partial charge in [0.2, 0.25) is 0 Å². The Morgan fingerprint density at radius 2 is 2.20 bits per heavy atom. The van der Waals surface area contributed by atoms with E-state index in [1.165, 1.54) is 0 Å². The first-order valence-corrected chi connectivity index (χ1v) is 4.99. The largest absolute Gasteiger partial charge is 0.507 e. The Bertz CT molecular complexity index is 474. The second-order valence-corrected chi connectivity index (χ2v) is 3.84. The van der Waals surface area contributed by atoms with Crippen LogP contribution < -0.4 is 0 Å². The Hall–Kier alpha value is -1.77. The molecule has 1 aromatic rings. The van der Waals surface area contributed by atoms with E-state index in [4.69, 9.17) is 4.74 Å². The molecule has 3 heteroatoms. The first kappa shape index (κ1) is 8.53. The predicted octanol–water partition coefficient (Wildman–Crippen LogP) is 2.32. The maximum Gasteiger partial charge on any atom is 0.339 e. The number of fused-ring (bicyclic) bond motifs is 1. The van der Waals surface area contributed by atoms with Crippen molar-refractivity contribution in [3.63, 3.8) is 0 Å². The lowest BCUT2D eigenvalue weighted by molar-refractivity contribution is 0.0437. The van der Waals surface area contributed by atoms with E-state index >= 15 is 0 Å². The third-order valence-corrected chi connectivity index (χ3v) is 2.97. The maximum atomic E-state index is 11.5. The van der Waals surface area contributed by atoms with E-state index in [1.54, 1.807) is 18.2 Å². The SMILES string of the molecule is O=C1OC(C2=CCC2)c2c(O)cccc21. The highest BCUT2D eigenvalue weighted by atomic mass is 16.5. The first-order chi connectivity index (χ1) is 7.27. The summed E-state index contributed by atoms with van der Waals surface area (Å²) in [7, 11) is 0. The number of rotatable bonds is 1. The molecule has 0 spiro atoms. The van der Waals surface area contributed by atoms with E-state index in [1.807, 2.05) is 0 Å². The van der Waals surface area contributed by atoms with Crippen molar-refractivity contribution in [3.05, 3.63) is 41.0 Å². The van der Waals surface area contributed by atoms with Gasteiger partial charge in [-0.3, -0.25) is 0 Å². The van der Waals surface area contributed by atoms with Crippen LogP contribution in [0.15, 0.2) is 29.8 Å². The number of hydrogen-bond donors (Lipinski definition) is 1. The fraction of sp³-hybridized carbons (Fsp3) is 0.250. The number of allylic oxidation sites excluding steroid dienone is 1. The van der Waals surface area contributed by atoms with Crippen LogP contribution in [0.25, 0.3) is 0 Å². The number of esters is 1. The lowest BCUT2D eigenvalue weighted by atomic mass is 9.89. The molecule has 76 valence electrons. The van der Waals surface area contributed by atoms with Crippen molar-refractivity contribution in [2.75, 3.05) is 0 Å². The van der Waals surface area contributed by atoms with Crippen molar-refractivity contribution in [3.8, 4) is 5.75 Å². The molecule has 1 aromatic carbocycles. The zero-order valence-electron chi connectivity index (χ0n) is 8.06. The van der Waals surface area contributed by atoms with Gasteiger partial charge in [-0.05, 0) is 30.5 Å². The summed E-state index contributed by atoms with van der Waals surface area (Å²) < 4.78 is 5.25. The molecule has 0 amide bonds. The van der Waals surface area contributed by atoms with Crippen LogP contribution >= 0.6 is 0 Å². The zero-order valence-corrected chi connectivity index (χ0v) is 8.06. The highest BCUT2D eigenvalue weighted by molar-refractivity contribution is 5.95. The number of phenols is 1. The van der Waals surface area contributed by atoms with E-state index in [0.717, 1.165) is 18.4 Å². The van der Waals surface area contributed by atoms with Crippen LogP contribution in [0.3, 0.4) is 0 Å². The summed E-state index contributed by atoms with van der Waals surface area (Å²) >= 11 is 0. The van der Waals surface area contributed by atoms with Crippen LogP contribution in [0.5, 0.6) is 5.75 Å². The topological polar surface area (TPSA) is 46.5 Å². The summed E-state index contributed by atoms with van der Waals surface area (Å²) in [6.07, 6.45) is 3.69. The quantitative estimate of drug-likeness (QED) is 0.561. The van der Waals surface area contributed by atoms with Crippen LogP contribution in [-0.4, -0.2) is 11.1 Å². The molecule has 0 bridgehead atoms. The van der Waals surface area contributed by atoms with Crippen molar-refractivity contribution in [2.24, 2.45) is 0 Å².